The van der Waals surface area contributed by atoms with Crippen molar-refractivity contribution in [3.05, 3.63) is 42.5 Å². The fourth-order valence-corrected chi connectivity index (χ4v) is 3.39. The van der Waals surface area contributed by atoms with Crippen molar-refractivity contribution in [3.8, 4) is 34.3 Å². The number of phenols is 2. The van der Waals surface area contributed by atoms with Gasteiger partial charge < -0.3 is 45.2 Å². The second-order valence-electron chi connectivity index (χ2n) is 7.18. The van der Waals surface area contributed by atoms with Crippen LogP contribution >= 0.6 is 0 Å². The van der Waals surface area contributed by atoms with Gasteiger partial charge in [0.25, 0.3) is 0 Å². The van der Waals surface area contributed by atoms with Gasteiger partial charge in [-0.25, -0.2) is 4.42 Å². The lowest BCUT2D eigenvalue weighted by Gasteiger charge is -2.39. The van der Waals surface area contributed by atoms with Crippen LogP contribution in [0.2, 0.25) is 0 Å². The summed E-state index contributed by atoms with van der Waals surface area (Å²) in [6.07, 6.45) is -7.51. The van der Waals surface area contributed by atoms with E-state index in [1.807, 2.05) is 0 Å². The van der Waals surface area contributed by atoms with Crippen molar-refractivity contribution in [1.82, 2.24) is 0 Å². The molecule has 0 radical (unpaired) electrons. The van der Waals surface area contributed by atoms with E-state index in [4.69, 9.17) is 13.9 Å². The molecule has 1 aliphatic rings. The highest BCUT2D eigenvalue weighted by atomic mass is 16.7. The predicted octanol–water partition coefficient (Wildman–Crippen LogP) is 0.676. The third-order valence-corrected chi connectivity index (χ3v) is 5.04. The molecule has 7 N–H and O–H groups in total. The minimum atomic E-state index is -1.66. The van der Waals surface area contributed by atoms with Crippen molar-refractivity contribution in [3.63, 3.8) is 0 Å². The molecule has 2 unspecified atom stereocenters. The molecule has 31 heavy (non-hydrogen) atoms. The molecule has 10 heteroatoms. The van der Waals surface area contributed by atoms with Crippen LogP contribution in [0.3, 0.4) is 0 Å². The summed E-state index contributed by atoms with van der Waals surface area (Å²) in [7, 11) is 0. The van der Waals surface area contributed by atoms with Crippen LogP contribution in [0.15, 0.2) is 46.9 Å². The first-order valence-corrected chi connectivity index (χ1v) is 9.38. The smallest absolute Gasteiger partial charge is 0.401 e. The topological polar surface area (TPSA) is 171 Å². The molecule has 5 atom stereocenters. The van der Waals surface area contributed by atoms with E-state index in [0.29, 0.717) is 5.56 Å². The largest absolute Gasteiger partial charge is 0.508 e. The van der Waals surface area contributed by atoms with Gasteiger partial charge >= 0.3 is 11.3 Å². The highest BCUT2D eigenvalue weighted by Crippen LogP contribution is 2.40. The van der Waals surface area contributed by atoms with Crippen LogP contribution in [-0.4, -0.2) is 73.1 Å². The summed E-state index contributed by atoms with van der Waals surface area (Å²) in [6, 6.07) is 9.72. The van der Waals surface area contributed by atoms with Gasteiger partial charge in [0.2, 0.25) is 12.0 Å². The van der Waals surface area contributed by atoms with Crippen molar-refractivity contribution in [2.24, 2.45) is 0 Å². The number of fused-ring (bicyclic) bond motifs is 1. The van der Waals surface area contributed by atoms with E-state index in [1.165, 1.54) is 42.5 Å². The maximum atomic E-state index is 10.5. The Labute approximate surface area is 175 Å². The first-order valence-electron chi connectivity index (χ1n) is 9.38. The molecule has 0 aliphatic carbocycles. The number of phenolic OH excluding ortho intramolecular Hbond substituents is 2. The average molecular weight is 433 g/mol. The summed E-state index contributed by atoms with van der Waals surface area (Å²) in [5, 5.41) is 69.6. The Bertz CT molecular complexity index is 1080. The second-order valence-corrected chi connectivity index (χ2v) is 7.18. The van der Waals surface area contributed by atoms with E-state index in [9.17, 15) is 35.7 Å². The summed E-state index contributed by atoms with van der Waals surface area (Å²) < 4.78 is 16.7. The van der Waals surface area contributed by atoms with Gasteiger partial charge in [-0.1, -0.05) is 0 Å². The van der Waals surface area contributed by atoms with Crippen molar-refractivity contribution in [2.45, 2.75) is 30.7 Å². The summed E-state index contributed by atoms with van der Waals surface area (Å²) in [5.74, 6) is -0.440. The zero-order chi connectivity index (χ0) is 22.3. The Morgan fingerprint density at radius 3 is 2.26 bits per heavy atom. The van der Waals surface area contributed by atoms with Crippen LogP contribution in [0.5, 0.6) is 23.0 Å². The molecular weight excluding hydrogens is 412 g/mol. The van der Waals surface area contributed by atoms with Crippen LogP contribution < -0.4 is 4.74 Å². The molecule has 2 aromatic carbocycles. The average Bonchev–Trinajstić information content (AvgIpc) is 2.75. The Hall–Kier alpha value is -3.15. The lowest BCUT2D eigenvalue weighted by atomic mass is 9.99. The summed E-state index contributed by atoms with van der Waals surface area (Å²) in [5.41, 5.74) is 0.595. The Balaban J connectivity index is 1.73. The highest BCUT2D eigenvalue weighted by molar-refractivity contribution is 5.88. The van der Waals surface area contributed by atoms with Crippen molar-refractivity contribution < 1.29 is 49.6 Å². The van der Waals surface area contributed by atoms with E-state index in [1.54, 1.807) is 0 Å². The van der Waals surface area contributed by atoms with Crippen molar-refractivity contribution in [2.75, 3.05) is 6.61 Å². The number of hydrogen-bond acceptors (Lipinski definition) is 9. The number of benzene rings is 2. The Morgan fingerprint density at radius 2 is 1.58 bits per heavy atom. The normalized spacial score (nSPS) is 26.1. The maximum Gasteiger partial charge on any atom is 0.401 e. The van der Waals surface area contributed by atoms with Gasteiger partial charge in [-0.05, 0) is 24.3 Å². The monoisotopic (exact) mass is 433 g/mol. The lowest BCUT2D eigenvalue weighted by molar-refractivity contribution is -0.277. The second kappa shape index (κ2) is 8.17. The zero-order valence-corrected chi connectivity index (χ0v) is 16.0. The molecule has 2 heterocycles. The predicted molar refractivity (Wildman–Crippen MR) is 105 cm³/mol. The summed E-state index contributed by atoms with van der Waals surface area (Å²) in [6.45, 7) is -0.627. The zero-order valence-electron chi connectivity index (χ0n) is 16.0. The molecule has 1 aromatic heterocycles. The third kappa shape index (κ3) is 3.94. The van der Waals surface area contributed by atoms with E-state index in [-0.39, 0.29) is 39.7 Å². The van der Waals surface area contributed by atoms with Gasteiger partial charge in [-0.15, -0.1) is 0 Å². The molecule has 10 nitrogen and oxygen atoms in total. The van der Waals surface area contributed by atoms with E-state index >= 15 is 0 Å². The first kappa shape index (κ1) is 21.1. The minimum Gasteiger partial charge on any atom is -0.508 e. The van der Waals surface area contributed by atoms with Gasteiger partial charge in [-0.3, -0.25) is 0 Å². The van der Waals surface area contributed by atoms with Gasteiger partial charge in [0.1, 0.15) is 47.1 Å². The molecule has 1 aliphatic heterocycles. The minimum absolute atomic E-state index is 0.0388. The maximum absolute atomic E-state index is 10.5. The quantitative estimate of drug-likeness (QED) is 0.290. The first-order chi connectivity index (χ1) is 14.8. The van der Waals surface area contributed by atoms with Crippen LogP contribution in [0.25, 0.3) is 22.3 Å². The van der Waals surface area contributed by atoms with E-state index in [0.717, 1.165) is 0 Å². The van der Waals surface area contributed by atoms with Crippen LogP contribution in [0, 0.1) is 0 Å². The van der Waals surface area contributed by atoms with Crippen LogP contribution in [0.4, 0.5) is 0 Å². The third-order valence-electron chi connectivity index (χ3n) is 5.04. The number of ether oxygens (including phenoxy) is 2. The van der Waals surface area contributed by atoms with Crippen LogP contribution in [-0.2, 0) is 4.74 Å². The van der Waals surface area contributed by atoms with E-state index < -0.39 is 37.3 Å². The fraction of sp³-hybridized carbons (Fsp3) is 0.286. The van der Waals surface area contributed by atoms with Gasteiger partial charge in [-0.2, -0.15) is 0 Å². The molecule has 4 rings (SSSR count). The van der Waals surface area contributed by atoms with Crippen LogP contribution in [0.1, 0.15) is 0 Å². The molecule has 0 saturated carbocycles. The molecule has 3 aromatic rings. The van der Waals surface area contributed by atoms with Crippen molar-refractivity contribution >= 4 is 11.0 Å². The SMILES string of the molecule is OCC1O[C@@H](Oc2cc(O)cc3[o+]c(-c4ccc(O)cc4)c(O)cc23)C(O)[C@@H](O)[C@H]1O. The summed E-state index contributed by atoms with van der Waals surface area (Å²) >= 11 is 0. The number of aromatic hydroxyl groups is 3. The molecule has 0 bridgehead atoms. The number of aliphatic hydroxyl groups excluding tert-OH is 4. The number of hydrogen-bond donors (Lipinski definition) is 7. The van der Waals surface area contributed by atoms with Gasteiger partial charge in [0, 0.05) is 12.1 Å². The molecule has 1 saturated heterocycles. The number of aliphatic hydroxyl groups is 4. The Morgan fingerprint density at radius 1 is 0.871 bits per heavy atom. The molecule has 0 amide bonds. The standard InChI is InChI=1S/C21H20O10/c22-8-16-17(26)18(27)19(28)21(31-16)30-15-6-11(24)5-14-12(15)7-13(25)20(29-14)9-1-3-10(23)4-2-9/h1-7,16-19,21-22,26-28H,8H2,(H2-,23,24,25)/p+1/t16?,17-,18-,19?,21+/m0/s1. The molecule has 1 fully saturated rings. The molecular formula is C21H21O10+. The lowest BCUT2D eigenvalue weighted by Crippen LogP contribution is -2.60. The molecule has 0 spiro atoms. The van der Waals surface area contributed by atoms with Gasteiger partial charge in [0.15, 0.2) is 0 Å². The fourth-order valence-electron chi connectivity index (χ4n) is 3.39. The van der Waals surface area contributed by atoms with Gasteiger partial charge in [0.05, 0.1) is 18.2 Å². The van der Waals surface area contributed by atoms with Crippen molar-refractivity contribution in [1.29, 1.82) is 0 Å². The summed E-state index contributed by atoms with van der Waals surface area (Å²) in [4.78, 5) is 0. The highest BCUT2D eigenvalue weighted by Gasteiger charge is 2.45. The Kier molecular flexibility index (Phi) is 5.56. The molecule has 164 valence electrons. The van der Waals surface area contributed by atoms with E-state index in [2.05, 4.69) is 0 Å². The number of rotatable bonds is 4.